The van der Waals surface area contributed by atoms with Gasteiger partial charge in [0.25, 0.3) is 0 Å². The van der Waals surface area contributed by atoms with Crippen LogP contribution in [0.15, 0.2) is 78.4 Å². The summed E-state index contributed by atoms with van der Waals surface area (Å²) >= 11 is 1.50. The summed E-state index contributed by atoms with van der Waals surface area (Å²) in [6.07, 6.45) is 15.6. The van der Waals surface area contributed by atoms with Gasteiger partial charge in [0.2, 0.25) is 0 Å². The number of rotatable bonds is 14. The average Bonchev–Trinajstić information content (AvgIpc) is 3.07. The first kappa shape index (κ1) is 37.7. The van der Waals surface area contributed by atoms with E-state index in [0.29, 0.717) is 11.6 Å². The fourth-order valence-corrected chi connectivity index (χ4v) is 5.59. The minimum Gasteiger partial charge on any atom is -0.497 e. The van der Waals surface area contributed by atoms with Gasteiger partial charge in [0.1, 0.15) is 5.75 Å². The molecule has 1 aliphatic rings. The predicted octanol–water partition coefficient (Wildman–Crippen LogP) is 9.88. The molecule has 0 amide bonds. The maximum absolute atomic E-state index is 5.48. The maximum Gasteiger partial charge on any atom is 0.180 e. The zero-order valence-corrected chi connectivity index (χ0v) is 29.5. The van der Waals surface area contributed by atoms with E-state index in [-0.39, 0.29) is 6.04 Å². The van der Waals surface area contributed by atoms with Crippen molar-refractivity contribution in [1.82, 2.24) is 20.2 Å². The van der Waals surface area contributed by atoms with Crippen molar-refractivity contribution in [3.05, 3.63) is 83.9 Å². The van der Waals surface area contributed by atoms with E-state index in [0.717, 1.165) is 40.2 Å². The Labute approximate surface area is 277 Å². The lowest BCUT2D eigenvalue weighted by Gasteiger charge is -2.25. The first-order chi connectivity index (χ1) is 22.0. The quantitative estimate of drug-likeness (QED) is 0.120. The molecule has 0 aliphatic carbocycles. The Balaban J connectivity index is 0.000000544. The van der Waals surface area contributed by atoms with E-state index in [1.54, 1.807) is 13.3 Å². The van der Waals surface area contributed by atoms with E-state index in [2.05, 4.69) is 78.8 Å². The molecule has 45 heavy (non-hydrogen) atoms. The minimum absolute atomic E-state index is 0.146. The fourth-order valence-electron chi connectivity index (χ4n) is 4.79. The topological polar surface area (TPSA) is 74.3 Å². The van der Waals surface area contributed by atoms with Crippen LogP contribution in [0.4, 0.5) is 17.3 Å². The van der Waals surface area contributed by atoms with Gasteiger partial charge in [0.05, 0.1) is 18.1 Å². The van der Waals surface area contributed by atoms with Crippen LogP contribution in [0.3, 0.4) is 0 Å². The largest absolute Gasteiger partial charge is 0.497 e. The van der Waals surface area contributed by atoms with Gasteiger partial charge in [0, 0.05) is 22.7 Å². The first-order valence-corrected chi connectivity index (χ1v) is 17.4. The molecule has 0 spiro atoms. The summed E-state index contributed by atoms with van der Waals surface area (Å²) in [5, 5.41) is 6.65. The Morgan fingerprint density at radius 3 is 2.31 bits per heavy atom. The Kier molecular flexibility index (Phi) is 18.5. The molecular weight excluding hydrogens is 577 g/mol. The number of allylic oxidation sites excluding steroid dienone is 2. The van der Waals surface area contributed by atoms with Crippen LogP contribution in [0.2, 0.25) is 0 Å². The lowest BCUT2D eigenvalue weighted by Crippen LogP contribution is -2.30. The molecule has 3 N–H and O–H groups in total. The summed E-state index contributed by atoms with van der Waals surface area (Å²) in [6.45, 7) is 20.4. The van der Waals surface area contributed by atoms with E-state index in [9.17, 15) is 0 Å². The molecule has 0 saturated carbocycles. The molecule has 4 rings (SSSR count). The van der Waals surface area contributed by atoms with Gasteiger partial charge in [-0.25, -0.2) is 9.97 Å². The number of methoxy groups -OCH3 is 1. The molecule has 1 unspecified atom stereocenters. The van der Waals surface area contributed by atoms with Crippen LogP contribution in [-0.4, -0.2) is 47.7 Å². The Morgan fingerprint density at radius 1 is 1.02 bits per heavy atom. The van der Waals surface area contributed by atoms with Crippen LogP contribution in [0.25, 0.3) is 11.0 Å². The van der Waals surface area contributed by atoms with E-state index in [1.165, 1.54) is 62.8 Å². The number of aryl methyl sites for hydroxylation is 1. The monoisotopic (exact) mass is 632 g/mol. The van der Waals surface area contributed by atoms with Gasteiger partial charge < -0.3 is 25.0 Å². The van der Waals surface area contributed by atoms with Crippen molar-refractivity contribution in [3.63, 3.8) is 0 Å². The van der Waals surface area contributed by atoms with Gasteiger partial charge in [-0.05, 0) is 113 Å². The second kappa shape index (κ2) is 22.1. The van der Waals surface area contributed by atoms with Crippen LogP contribution in [-0.2, 0) is 6.42 Å². The SMILES string of the molecule is C=CNC(C)/C=C(\C=C/CC)SNc1nc2ccccc2nc1Nc1cc(CC)cc(OC)c1.CC.CCCN1CCCCC1. The molecule has 1 atom stereocenters. The highest BCUT2D eigenvalue weighted by Crippen LogP contribution is 2.31. The zero-order valence-electron chi connectivity index (χ0n) is 28.7. The summed E-state index contributed by atoms with van der Waals surface area (Å²) < 4.78 is 8.90. The number of hydrogen-bond donors (Lipinski definition) is 3. The maximum atomic E-state index is 5.48. The van der Waals surface area contributed by atoms with Crippen LogP contribution >= 0.6 is 11.9 Å². The third kappa shape index (κ3) is 13.6. The third-order valence-electron chi connectivity index (χ3n) is 7.01. The number of nitrogens with one attached hydrogen (secondary N) is 3. The molecule has 7 nitrogen and oxygen atoms in total. The van der Waals surface area contributed by atoms with Crippen molar-refractivity contribution in [2.24, 2.45) is 0 Å². The number of nitrogens with zero attached hydrogens (tertiary/aromatic N) is 3. The third-order valence-corrected chi connectivity index (χ3v) is 7.81. The molecule has 2 heterocycles. The van der Waals surface area contributed by atoms with Crippen molar-refractivity contribution < 1.29 is 4.74 Å². The van der Waals surface area contributed by atoms with Crippen molar-refractivity contribution in [1.29, 1.82) is 0 Å². The van der Waals surface area contributed by atoms with Gasteiger partial charge in [-0.3, -0.25) is 0 Å². The van der Waals surface area contributed by atoms with E-state index < -0.39 is 0 Å². The molecule has 246 valence electrons. The number of para-hydroxylation sites is 2. The average molecular weight is 633 g/mol. The number of likely N-dealkylation sites (tertiary alicyclic amines) is 1. The molecule has 3 aromatic rings. The molecule has 1 aromatic heterocycles. The van der Waals surface area contributed by atoms with E-state index >= 15 is 0 Å². The van der Waals surface area contributed by atoms with Crippen molar-refractivity contribution in [3.8, 4) is 5.75 Å². The number of benzene rings is 2. The summed E-state index contributed by atoms with van der Waals surface area (Å²) in [6, 6.07) is 14.1. The van der Waals surface area contributed by atoms with Gasteiger partial charge >= 0.3 is 0 Å². The molecule has 2 aromatic carbocycles. The number of piperidine rings is 1. The van der Waals surface area contributed by atoms with E-state index in [1.807, 2.05) is 50.2 Å². The standard InChI is InChI=1S/C27H33N5OS.C8H17N.C2H6/c1-6-9-12-23(15-19(4)28-8-3)34-32-27-26(30-24-13-10-11-14-25(24)31-27)29-21-16-20(7-2)17-22(18-21)33-5;1-2-6-9-7-4-3-5-8-9;1-2/h8-19,28H,3,6-7H2,1-2,4-5H3,(H,29,30)(H,31,32);2-8H2,1H3;1-2H3/b12-9-,23-15+;;. The highest BCUT2D eigenvalue weighted by molar-refractivity contribution is 8.04. The summed E-state index contributed by atoms with van der Waals surface area (Å²) in [4.78, 5) is 13.4. The van der Waals surface area contributed by atoms with Crippen LogP contribution in [0, 0.1) is 0 Å². The molecule has 1 fully saturated rings. The van der Waals surface area contributed by atoms with Crippen molar-refractivity contribution in [2.75, 3.05) is 36.8 Å². The van der Waals surface area contributed by atoms with Crippen LogP contribution < -0.4 is 20.1 Å². The zero-order chi connectivity index (χ0) is 32.9. The smallest absolute Gasteiger partial charge is 0.180 e. The number of hydrogen-bond acceptors (Lipinski definition) is 8. The first-order valence-electron chi connectivity index (χ1n) is 16.6. The fraction of sp³-hybridized carbons (Fsp3) is 0.459. The molecule has 1 saturated heterocycles. The summed E-state index contributed by atoms with van der Waals surface area (Å²) in [5.41, 5.74) is 3.73. The molecule has 1 aliphatic heterocycles. The van der Waals surface area contributed by atoms with Gasteiger partial charge in [-0.15, -0.1) is 0 Å². The van der Waals surface area contributed by atoms with Crippen LogP contribution in [0.1, 0.15) is 79.2 Å². The van der Waals surface area contributed by atoms with E-state index in [4.69, 9.17) is 14.7 Å². The molecular formula is C37H56N6OS. The number of fused-ring (bicyclic) bond motifs is 1. The van der Waals surface area contributed by atoms with Crippen molar-refractivity contribution in [2.45, 2.75) is 86.1 Å². The summed E-state index contributed by atoms with van der Waals surface area (Å²) in [5.74, 6) is 2.11. The minimum atomic E-state index is 0.146. The Bertz CT molecular complexity index is 1310. The Hall–Kier alpha value is -3.49. The molecule has 8 heteroatoms. The normalized spacial score (nSPS) is 14.1. The van der Waals surface area contributed by atoms with Gasteiger partial charge in [0.15, 0.2) is 11.6 Å². The van der Waals surface area contributed by atoms with Gasteiger partial charge in [-0.1, -0.05) is 71.9 Å². The molecule has 0 radical (unpaired) electrons. The highest BCUT2D eigenvalue weighted by Gasteiger charge is 2.12. The second-order valence-corrected chi connectivity index (χ2v) is 11.5. The number of aromatic nitrogens is 2. The Morgan fingerprint density at radius 2 is 1.71 bits per heavy atom. The van der Waals surface area contributed by atoms with Crippen LogP contribution in [0.5, 0.6) is 5.75 Å². The number of ether oxygens (including phenoxy) is 1. The predicted molar refractivity (Wildman–Crippen MR) is 199 cm³/mol. The lowest BCUT2D eigenvalue weighted by molar-refractivity contribution is 0.229. The summed E-state index contributed by atoms with van der Waals surface area (Å²) in [7, 11) is 1.68. The van der Waals surface area contributed by atoms with Crippen molar-refractivity contribution >= 4 is 40.3 Å². The second-order valence-electron chi connectivity index (χ2n) is 10.6. The number of anilines is 3. The lowest BCUT2D eigenvalue weighted by atomic mass is 10.1. The van der Waals surface area contributed by atoms with Gasteiger partial charge in [-0.2, -0.15) is 0 Å². The molecule has 0 bridgehead atoms. The highest BCUT2D eigenvalue weighted by atomic mass is 32.2.